The van der Waals surface area contributed by atoms with Crippen molar-refractivity contribution in [2.75, 3.05) is 18.2 Å². The van der Waals surface area contributed by atoms with Gasteiger partial charge in [0.15, 0.2) is 5.25 Å². The minimum absolute atomic E-state index is 0.142. The van der Waals surface area contributed by atoms with E-state index in [1.807, 2.05) is 0 Å². The summed E-state index contributed by atoms with van der Waals surface area (Å²) in [5, 5.41) is 13.6. The normalized spacial score (nSPS) is 21.7. The minimum atomic E-state index is -1.24. The second-order valence-electron chi connectivity index (χ2n) is 6.62. The third-order valence-corrected chi connectivity index (χ3v) is 6.46. The zero-order valence-corrected chi connectivity index (χ0v) is 16.6. The third-order valence-electron chi connectivity index (χ3n) is 4.77. The predicted molar refractivity (Wildman–Crippen MR) is 110 cm³/mol. The van der Waals surface area contributed by atoms with Crippen molar-refractivity contribution >= 4 is 39.6 Å². The van der Waals surface area contributed by atoms with E-state index < -0.39 is 23.0 Å². The minimum Gasteiger partial charge on any atom is -0.616 e. The summed E-state index contributed by atoms with van der Waals surface area (Å²) >= 11 is -1.24. The fourth-order valence-corrected chi connectivity index (χ4v) is 4.32. The topological polar surface area (TPSA) is 119 Å². The van der Waals surface area contributed by atoms with E-state index in [4.69, 9.17) is 10.1 Å². The highest BCUT2D eigenvalue weighted by molar-refractivity contribution is 7.92. The molecule has 1 aliphatic rings. The van der Waals surface area contributed by atoms with Crippen LogP contribution in [0.2, 0.25) is 0 Å². The molecule has 3 unspecified atom stereocenters. The fourth-order valence-electron chi connectivity index (χ4n) is 3.11. The first-order chi connectivity index (χ1) is 14.0. The Balaban J connectivity index is 1.65. The molecule has 0 bridgehead atoms. The molecule has 0 amide bonds. The molecule has 3 atom stereocenters. The van der Waals surface area contributed by atoms with Crippen molar-refractivity contribution < 1.29 is 13.7 Å². The van der Waals surface area contributed by atoms with E-state index in [0.717, 1.165) is 6.20 Å². The van der Waals surface area contributed by atoms with Crippen LogP contribution in [0.5, 0.6) is 5.75 Å². The van der Waals surface area contributed by atoms with Crippen molar-refractivity contribution in [3.8, 4) is 5.75 Å². The van der Waals surface area contributed by atoms with Crippen molar-refractivity contribution in [1.82, 2.24) is 20.3 Å². The molecule has 0 radical (unpaired) electrons. The standard InChI is InChI=1S/C19H19FN6O2S/c1-10-19(21)26-16(9-29(10)27)12-6-17(23-8-13(12)20)25-14-3-4-22-15-5-11(28-2)7-24-18(14)15/h3-8,10,16H,9H2,1-2H3,(H2,21,26)(H,22,23,25). The summed E-state index contributed by atoms with van der Waals surface area (Å²) in [5.41, 5.74) is 2.22. The second kappa shape index (κ2) is 7.80. The Hall–Kier alpha value is -2.98. The number of aromatic nitrogens is 3. The number of amidine groups is 1. The van der Waals surface area contributed by atoms with E-state index in [0.29, 0.717) is 33.9 Å². The van der Waals surface area contributed by atoms with Crippen molar-refractivity contribution in [1.29, 1.82) is 5.41 Å². The molecule has 150 valence electrons. The van der Waals surface area contributed by atoms with Gasteiger partial charge in [0, 0.05) is 17.8 Å². The van der Waals surface area contributed by atoms with E-state index in [1.54, 1.807) is 44.6 Å². The molecular weight excluding hydrogens is 395 g/mol. The van der Waals surface area contributed by atoms with Crippen molar-refractivity contribution in [2.24, 2.45) is 0 Å². The maximum Gasteiger partial charge on any atom is 0.169 e. The van der Waals surface area contributed by atoms with Crippen LogP contribution < -0.4 is 15.4 Å². The number of methoxy groups -OCH3 is 1. The maximum absolute atomic E-state index is 14.4. The average Bonchev–Trinajstić information content (AvgIpc) is 2.72. The lowest BCUT2D eigenvalue weighted by Crippen LogP contribution is -2.49. The first-order valence-corrected chi connectivity index (χ1v) is 10.3. The molecule has 0 aromatic carbocycles. The quantitative estimate of drug-likeness (QED) is 0.562. The number of rotatable bonds is 4. The summed E-state index contributed by atoms with van der Waals surface area (Å²) < 4.78 is 31.8. The molecule has 1 fully saturated rings. The number of hydrogen-bond acceptors (Lipinski definition) is 7. The lowest BCUT2D eigenvalue weighted by molar-refractivity contribution is 0.413. The monoisotopic (exact) mass is 414 g/mol. The molecule has 3 aromatic rings. The SMILES string of the molecule is COc1cnc2c(Nc3cc(C4C[S+]([O-])C(C)C(=N)N4)c(F)cn3)ccnc2c1. The molecule has 4 heterocycles. The molecule has 4 rings (SSSR count). The summed E-state index contributed by atoms with van der Waals surface area (Å²) in [4.78, 5) is 12.8. The van der Waals surface area contributed by atoms with Gasteiger partial charge in [-0.05, 0) is 30.2 Å². The number of ether oxygens (including phenoxy) is 1. The van der Waals surface area contributed by atoms with Crippen LogP contribution in [-0.2, 0) is 11.2 Å². The summed E-state index contributed by atoms with van der Waals surface area (Å²) in [6.07, 6.45) is 4.33. The zero-order chi connectivity index (χ0) is 20.5. The number of pyridine rings is 3. The van der Waals surface area contributed by atoms with E-state index in [9.17, 15) is 8.94 Å². The maximum atomic E-state index is 14.4. The predicted octanol–water partition coefficient (Wildman–Crippen LogP) is 2.67. The number of halogens is 1. The Morgan fingerprint density at radius 3 is 2.90 bits per heavy atom. The van der Waals surface area contributed by atoms with Crippen LogP contribution in [0.15, 0.2) is 36.8 Å². The number of nitrogens with one attached hydrogen (secondary N) is 3. The number of anilines is 2. The Kier molecular flexibility index (Phi) is 5.20. The summed E-state index contributed by atoms with van der Waals surface area (Å²) in [6, 6.07) is 4.52. The summed E-state index contributed by atoms with van der Waals surface area (Å²) in [5.74, 6) is 0.851. The number of fused-ring (bicyclic) bond motifs is 1. The van der Waals surface area contributed by atoms with Crippen molar-refractivity contribution in [3.63, 3.8) is 0 Å². The molecule has 0 saturated carbocycles. The van der Waals surface area contributed by atoms with Gasteiger partial charge in [0.05, 0.1) is 30.7 Å². The van der Waals surface area contributed by atoms with Crippen LogP contribution in [0.25, 0.3) is 11.0 Å². The van der Waals surface area contributed by atoms with Crippen LogP contribution in [-0.4, -0.2) is 43.5 Å². The van der Waals surface area contributed by atoms with Gasteiger partial charge in [-0.15, -0.1) is 0 Å². The summed E-state index contributed by atoms with van der Waals surface area (Å²) in [6.45, 7) is 1.72. The molecule has 0 spiro atoms. The third kappa shape index (κ3) is 3.81. The van der Waals surface area contributed by atoms with Crippen LogP contribution in [0.4, 0.5) is 15.9 Å². The summed E-state index contributed by atoms with van der Waals surface area (Å²) in [7, 11) is 1.56. The van der Waals surface area contributed by atoms with Gasteiger partial charge in [-0.3, -0.25) is 10.4 Å². The Labute approximate surface area is 169 Å². The highest BCUT2D eigenvalue weighted by atomic mass is 32.2. The zero-order valence-electron chi connectivity index (χ0n) is 15.8. The first-order valence-electron chi connectivity index (χ1n) is 8.89. The molecule has 29 heavy (non-hydrogen) atoms. The number of hydrogen-bond donors (Lipinski definition) is 3. The molecule has 8 nitrogen and oxygen atoms in total. The van der Waals surface area contributed by atoms with Gasteiger partial charge in [0.1, 0.15) is 40.5 Å². The Morgan fingerprint density at radius 1 is 1.31 bits per heavy atom. The van der Waals surface area contributed by atoms with E-state index in [1.165, 1.54) is 0 Å². The lowest BCUT2D eigenvalue weighted by atomic mass is 10.1. The van der Waals surface area contributed by atoms with Crippen LogP contribution >= 0.6 is 0 Å². The van der Waals surface area contributed by atoms with Gasteiger partial charge in [0.2, 0.25) is 0 Å². The molecule has 0 aliphatic carbocycles. The van der Waals surface area contributed by atoms with Crippen LogP contribution in [0.1, 0.15) is 18.5 Å². The molecule has 3 aromatic heterocycles. The van der Waals surface area contributed by atoms with Gasteiger partial charge < -0.3 is 19.9 Å². The molecule has 1 aliphatic heterocycles. The molecule has 10 heteroatoms. The van der Waals surface area contributed by atoms with Gasteiger partial charge in [0.25, 0.3) is 0 Å². The van der Waals surface area contributed by atoms with Gasteiger partial charge in [-0.25, -0.2) is 14.4 Å². The molecule has 1 saturated heterocycles. The molecule has 3 N–H and O–H groups in total. The van der Waals surface area contributed by atoms with Gasteiger partial charge in [-0.1, -0.05) is 0 Å². The largest absolute Gasteiger partial charge is 0.616 e. The van der Waals surface area contributed by atoms with E-state index in [-0.39, 0.29) is 16.8 Å². The second-order valence-corrected chi connectivity index (χ2v) is 8.42. The van der Waals surface area contributed by atoms with Crippen molar-refractivity contribution in [3.05, 3.63) is 48.2 Å². The first kappa shape index (κ1) is 19.3. The van der Waals surface area contributed by atoms with Gasteiger partial charge in [-0.2, -0.15) is 0 Å². The van der Waals surface area contributed by atoms with Crippen LogP contribution in [0.3, 0.4) is 0 Å². The Bertz CT molecular complexity index is 1080. The highest BCUT2D eigenvalue weighted by Gasteiger charge is 2.35. The smallest absolute Gasteiger partial charge is 0.169 e. The van der Waals surface area contributed by atoms with E-state index >= 15 is 0 Å². The van der Waals surface area contributed by atoms with Gasteiger partial charge >= 0.3 is 0 Å². The fraction of sp³-hybridized carbons (Fsp3) is 0.263. The highest BCUT2D eigenvalue weighted by Crippen LogP contribution is 2.29. The average molecular weight is 414 g/mol. The van der Waals surface area contributed by atoms with E-state index in [2.05, 4.69) is 25.6 Å². The lowest BCUT2D eigenvalue weighted by Gasteiger charge is -2.31. The van der Waals surface area contributed by atoms with Crippen molar-refractivity contribution in [2.45, 2.75) is 18.2 Å². The Morgan fingerprint density at radius 2 is 2.14 bits per heavy atom. The van der Waals surface area contributed by atoms with Crippen LogP contribution in [0, 0.1) is 11.2 Å². The molecular formula is C19H19FN6O2S. The number of nitrogens with zero attached hydrogens (tertiary/aromatic N) is 3.